The summed E-state index contributed by atoms with van der Waals surface area (Å²) in [5, 5.41) is 19.6. The van der Waals surface area contributed by atoms with E-state index in [2.05, 4.69) is 116 Å². The van der Waals surface area contributed by atoms with Crippen LogP contribution in [0.3, 0.4) is 0 Å². The molecule has 2 N–H and O–H groups in total. The maximum atomic E-state index is 9.82. The Hall–Kier alpha value is -4.30. The van der Waals surface area contributed by atoms with E-state index in [0.717, 1.165) is 0 Å². The Morgan fingerprint density at radius 2 is 0.795 bits per heavy atom. The third kappa shape index (κ3) is 6.04. The molecule has 0 spiro atoms. The Morgan fingerprint density at radius 1 is 0.455 bits per heavy atom. The summed E-state index contributed by atoms with van der Waals surface area (Å²) >= 11 is 0. The number of hydrogen-bond acceptors (Lipinski definition) is 2. The van der Waals surface area contributed by atoms with Crippen molar-refractivity contribution in [1.29, 1.82) is 0 Å². The molecule has 0 aromatic heterocycles. The van der Waals surface area contributed by atoms with E-state index in [0.29, 0.717) is 11.5 Å². The molecule has 226 valence electrons. The Kier molecular flexibility index (Phi) is 8.49. The van der Waals surface area contributed by atoms with E-state index < -0.39 is 0 Å². The first-order valence-corrected chi connectivity index (χ1v) is 15.7. The summed E-state index contributed by atoms with van der Waals surface area (Å²) in [4.78, 5) is 0. The predicted molar refractivity (Wildman–Crippen MR) is 184 cm³/mol. The fourth-order valence-electron chi connectivity index (χ4n) is 6.54. The van der Waals surface area contributed by atoms with Crippen LogP contribution in [0.5, 0.6) is 11.5 Å². The number of rotatable bonds is 8. The van der Waals surface area contributed by atoms with Crippen LogP contribution in [0.15, 0.2) is 109 Å². The van der Waals surface area contributed by atoms with Gasteiger partial charge in [0.05, 0.1) is 0 Å². The number of phenolic OH excluding ortho intramolecular Hbond substituents is 2. The van der Waals surface area contributed by atoms with Crippen molar-refractivity contribution in [2.24, 2.45) is 0 Å². The number of aryl methyl sites for hydroxylation is 2. The van der Waals surface area contributed by atoms with Gasteiger partial charge in [-0.3, -0.25) is 0 Å². The van der Waals surface area contributed by atoms with Gasteiger partial charge in [0.1, 0.15) is 11.5 Å². The Bertz CT molecular complexity index is 1630. The van der Waals surface area contributed by atoms with E-state index in [-0.39, 0.29) is 22.7 Å². The van der Waals surface area contributed by atoms with E-state index in [1.54, 1.807) is 24.3 Å². The Morgan fingerprint density at radius 3 is 1.16 bits per heavy atom. The predicted octanol–water partition coefficient (Wildman–Crippen LogP) is 10.7. The van der Waals surface area contributed by atoms with E-state index in [1.807, 2.05) is 24.3 Å². The first-order chi connectivity index (χ1) is 20.8. The van der Waals surface area contributed by atoms with Gasteiger partial charge < -0.3 is 10.2 Å². The third-order valence-electron chi connectivity index (χ3n) is 10.0. The molecule has 0 aliphatic rings. The average molecular weight is 583 g/mol. The monoisotopic (exact) mass is 582 g/mol. The van der Waals surface area contributed by atoms with Crippen LogP contribution in [-0.4, -0.2) is 10.2 Å². The molecular formula is C42H46O2. The first kappa shape index (κ1) is 31.1. The molecule has 0 radical (unpaired) electrons. The molecule has 0 aliphatic carbocycles. The van der Waals surface area contributed by atoms with Crippen molar-refractivity contribution in [3.63, 3.8) is 0 Å². The molecule has 5 aromatic rings. The molecule has 44 heavy (non-hydrogen) atoms. The van der Waals surface area contributed by atoms with Crippen molar-refractivity contribution < 1.29 is 10.2 Å². The molecule has 0 amide bonds. The smallest absolute Gasteiger partial charge is 0.115 e. The molecule has 0 fully saturated rings. The van der Waals surface area contributed by atoms with Gasteiger partial charge >= 0.3 is 0 Å². The lowest BCUT2D eigenvalue weighted by Gasteiger charge is -2.29. The minimum absolute atomic E-state index is 0.192. The molecule has 0 saturated carbocycles. The highest BCUT2D eigenvalue weighted by Gasteiger charge is 2.26. The second kappa shape index (κ2) is 12.0. The van der Waals surface area contributed by atoms with Crippen molar-refractivity contribution in [3.05, 3.63) is 165 Å². The van der Waals surface area contributed by atoms with Gasteiger partial charge in [-0.1, -0.05) is 126 Å². The quantitative estimate of drug-likeness (QED) is 0.191. The van der Waals surface area contributed by atoms with Gasteiger partial charge in [-0.2, -0.15) is 0 Å². The zero-order chi connectivity index (χ0) is 31.8. The van der Waals surface area contributed by atoms with Crippen LogP contribution < -0.4 is 0 Å². The lowest BCUT2D eigenvalue weighted by Crippen LogP contribution is -2.19. The lowest BCUT2D eigenvalue weighted by atomic mass is 9.75. The van der Waals surface area contributed by atoms with Crippen molar-refractivity contribution in [3.8, 4) is 11.5 Å². The summed E-state index contributed by atoms with van der Waals surface area (Å²) in [6.45, 7) is 18.0. The Labute approximate surface area is 264 Å². The molecule has 5 rings (SSSR count). The van der Waals surface area contributed by atoms with E-state index in [4.69, 9.17) is 0 Å². The van der Waals surface area contributed by atoms with Crippen LogP contribution in [0.2, 0.25) is 0 Å². The number of hydrogen-bond donors (Lipinski definition) is 2. The van der Waals surface area contributed by atoms with Crippen LogP contribution in [0, 0.1) is 13.8 Å². The second-order valence-electron chi connectivity index (χ2n) is 13.6. The van der Waals surface area contributed by atoms with Crippen LogP contribution in [0.1, 0.15) is 109 Å². The summed E-state index contributed by atoms with van der Waals surface area (Å²) in [6.07, 6.45) is 0. The lowest BCUT2D eigenvalue weighted by molar-refractivity contribution is 0.474. The van der Waals surface area contributed by atoms with E-state index in [9.17, 15) is 10.2 Å². The highest BCUT2D eigenvalue weighted by molar-refractivity contribution is 5.49. The molecular weight excluding hydrogens is 536 g/mol. The molecule has 5 aromatic carbocycles. The zero-order valence-electron chi connectivity index (χ0n) is 27.4. The fourth-order valence-corrected chi connectivity index (χ4v) is 6.54. The second-order valence-corrected chi connectivity index (χ2v) is 13.6. The number of benzene rings is 5. The van der Waals surface area contributed by atoms with Crippen LogP contribution in [0.4, 0.5) is 0 Å². The highest BCUT2D eigenvalue weighted by Crippen LogP contribution is 2.39. The minimum Gasteiger partial charge on any atom is -0.508 e. The van der Waals surface area contributed by atoms with Gasteiger partial charge in [-0.25, -0.2) is 0 Å². The summed E-state index contributed by atoms with van der Waals surface area (Å²) in [5.41, 5.74) is 12.4. The largest absolute Gasteiger partial charge is 0.508 e. The highest BCUT2D eigenvalue weighted by atomic mass is 16.3. The molecule has 0 saturated heterocycles. The minimum atomic E-state index is -0.192. The van der Waals surface area contributed by atoms with Crippen LogP contribution in [-0.2, 0) is 10.8 Å². The topological polar surface area (TPSA) is 40.5 Å². The van der Waals surface area contributed by atoms with Crippen molar-refractivity contribution in [2.75, 3.05) is 0 Å². The van der Waals surface area contributed by atoms with E-state index in [1.165, 1.54) is 55.6 Å². The first-order valence-electron chi connectivity index (χ1n) is 15.7. The maximum Gasteiger partial charge on any atom is 0.115 e. The third-order valence-corrected chi connectivity index (χ3v) is 10.0. The van der Waals surface area contributed by atoms with Gasteiger partial charge in [0.15, 0.2) is 0 Å². The average Bonchev–Trinajstić information content (AvgIpc) is 3.01. The molecule has 0 bridgehead atoms. The van der Waals surface area contributed by atoms with Crippen molar-refractivity contribution in [1.82, 2.24) is 0 Å². The normalized spacial score (nSPS) is 13.5. The molecule has 2 heteroatoms. The fraction of sp³-hybridized carbons (Fsp3) is 0.286. The zero-order valence-corrected chi connectivity index (χ0v) is 27.4. The summed E-state index contributed by atoms with van der Waals surface area (Å²) in [5.74, 6) is 1.05. The van der Waals surface area contributed by atoms with Crippen LogP contribution >= 0.6 is 0 Å². The SMILES string of the molecule is Cc1ccc(C(C)(C)c2ccc(O)cc2)cc1C(C)c1cccc(C(C)c2cc(C(C)(C)c3ccc(O)cc3)ccc2C)c1. The van der Waals surface area contributed by atoms with Gasteiger partial charge in [0.25, 0.3) is 0 Å². The summed E-state index contributed by atoms with van der Waals surface area (Å²) in [6, 6.07) is 38.0. The van der Waals surface area contributed by atoms with Gasteiger partial charge in [0, 0.05) is 22.7 Å². The molecule has 0 heterocycles. The Balaban J connectivity index is 1.46. The standard InChI is InChI=1S/C42H46O2/c1-27-12-14-35(41(5,6)33-16-20-37(43)21-17-33)25-39(27)29(3)31-10-9-11-32(24-31)30(4)40-26-36(15-13-28(40)2)42(7,8)34-18-22-38(44)23-19-34/h9-26,29-30,43-44H,1-8H3. The van der Waals surface area contributed by atoms with Crippen LogP contribution in [0.25, 0.3) is 0 Å². The number of aromatic hydroxyl groups is 2. The number of phenols is 2. The van der Waals surface area contributed by atoms with Crippen molar-refractivity contribution in [2.45, 2.75) is 78.1 Å². The molecule has 2 atom stereocenters. The molecule has 2 unspecified atom stereocenters. The molecule has 0 aliphatic heterocycles. The van der Waals surface area contributed by atoms with E-state index >= 15 is 0 Å². The maximum absolute atomic E-state index is 9.82. The van der Waals surface area contributed by atoms with Gasteiger partial charge in [0.2, 0.25) is 0 Å². The van der Waals surface area contributed by atoms with Crippen molar-refractivity contribution >= 4 is 0 Å². The summed E-state index contributed by atoms with van der Waals surface area (Å²) < 4.78 is 0. The van der Waals surface area contributed by atoms with Gasteiger partial charge in [-0.15, -0.1) is 0 Å². The summed E-state index contributed by atoms with van der Waals surface area (Å²) in [7, 11) is 0. The van der Waals surface area contributed by atoms with Gasteiger partial charge in [-0.05, 0) is 93.7 Å². The molecule has 2 nitrogen and oxygen atoms in total.